The largest absolute Gasteiger partial charge is 0.381 e. The maximum Gasteiger partial charge on any atom is 0.239 e. The topological polar surface area (TPSA) is 55.6 Å². The summed E-state index contributed by atoms with van der Waals surface area (Å²) in [5.74, 6) is 0.493. The Kier molecular flexibility index (Phi) is 4.95. The summed E-state index contributed by atoms with van der Waals surface area (Å²) < 4.78 is 5.42. The molecule has 0 radical (unpaired) electrons. The van der Waals surface area contributed by atoms with E-state index in [0.29, 0.717) is 5.92 Å². The van der Waals surface area contributed by atoms with E-state index >= 15 is 0 Å². The number of rotatable bonds is 3. The molecule has 1 amide bonds. The van der Waals surface area contributed by atoms with E-state index in [4.69, 9.17) is 10.5 Å². The van der Waals surface area contributed by atoms with Crippen molar-refractivity contribution in [2.75, 3.05) is 26.8 Å². The molecule has 1 aliphatic heterocycles. The van der Waals surface area contributed by atoms with E-state index in [1.165, 1.54) is 0 Å². The van der Waals surface area contributed by atoms with Crippen LogP contribution in [0.3, 0.4) is 0 Å². The summed E-state index contributed by atoms with van der Waals surface area (Å²) in [7, 11) is 1.84. The molecular formula is C13H26N2O2. The van der Waals surface area contributed by atoms with Gasteiger partial charge in [0.25, 0.3) is 0 Å². The van der Waals surface area contributed by atoms with E-state index < -0.39 is 6.04 Å². The molecular weight excluding hydrogens is 216 g/mol. The lowest BCUT2D eigenvalue weighted by Gasteiger charge is -2.32. The molecule has 0 aliphatic carbocycles. The average molecular weight is 242 g/mol. The van der Waals surface area contributed by atoms with Gasteiger partial charge in [-0.3, -0.25) is 4.79 Å². The lowest BCUT2D eigenvalue weighted by molar-refractivity contribution is -0.134. The zero-order chi connectivity index (χ0) is 13.1. The summed E-state index contributed by atoms with van der Waals surface area (Å²) in [6, 6.07) is -0.433. The number of ether oxygens (including phenoxy) is 1. The van der Waals surface area contributed by atoms with Crippen molar-refractivity contribution in [1.29, 1.82) is 0 Å². The Bertz CT molecular complexity index is 255. The number of amides is 1. The van der Waals surface area contributed by atoms with Crippen molar-refractivity contribution in [1.82, 2.24) is 4.90 Å². The molecule has 17 heavy (non-hydrogen) atoms. The molecule has 1 unspecified atom stereocenters. The first-order chi connectivity index (χ1) is 7.82. The summed E-state index contributed by atoms with van der Waals surface area (Å²) >= 11 is 0. The van der Waals surface area contributed by atoms with Crippen molar-refractivity contribution in [3.05, 3.63) is 0 Å². The lowest BCUT2D eigenvalue weighted by Crippen LogP contribution is -2.50. The first-order valence-electron chi connectivity index (χ1n) is 6.40. The van der Waals surface area contributed by atoms with Crippen molar-refractivity contribution in [2.24, 2.45) is 17.1 Å². The van der Waals surface area contributed by atoms with Crippen LogP contribution >= 0.6 is 0 Å². The summed E-state index contributed by atoms with van der Waals surface area (Å²) in [6.07, 6.45) is 2.24. The third kappa shape index (κ3) is 4.28. The molecule has 0 spiro atoms. The van der Waals surface area contributed by atoms with Gasteiger partial charge in [-0.15, -0.1) is 0 Å². The highest BCUT2D eigenvalue weighted by Crippen LogP contribution is 2.20. The molecule has 4 nitrogen and oxygen atoms in total. The lowest BCUT2D eigenvalue weighted by atomic mass is 9.86. The number of nitrogens with zero attached hydrogens (tertiary/aromatic N) is 1. The minimum Gasteiger partial charge on any atom is -0.381 e. The smallest absolute Gasteiger partial charge is 0.239 e. The Morgan fingerprint density at radius 3 is 2.65 bits per heavy atom. The molecule has 0 aromatic carbocycles. The van der Waals surface area contributed by atoms with Crippen molar-refractivity contribution < 1.29 is 9.53 Å². The Balaban J connectivity index is 2.46. The van der Waals surface area contributed by atoms with Gasteiger partial charge in [0.05, 0.1) is 12.6 Å². The van der Waals surface area contributed by atoms with Gasteiger partial charge in [0.2, 0.25) is 5.91 Å². The fraction of sp³-hybridized carbons (Fsp3) is 0.923. The average Bonchev–Trinajstić information content (AvgIpc) is 2.27. The van der Waals surface area contributed by atoms with Gasteiger partial charge in [-0.2, -0.15) is 0 Å². The zero-order valence-electron chi connectivity index (χ0n) is 11.5. The molecule has 1 heterocycles. The third-order valence-electron chi connectivity index (χ3n) is 3.36. The van der Waals surface area contributed by atoms with E-state index in [1.807, 2.05) is 27.8 Å². The Morgan fingerprint density at radius 2 is 2.18 bits per heavy atom. The Labute approximate surface area is 104 Å². The fourth-order valence-corrected chi connectivity index (χ4v) is 2.04. The van der Waals surface area contributed by atoms with Crippen LogP contribution in [-0.4, -0.2) is 43.7 Å². The van der Waals surface area contributed by atoms with Gasteiger partial charge >= 0.3 is 0 Å². The highest BCUT2D eigenvalue weighted by molar-refractivity contribution is 5.82. The first kappa shape index (κ1) is 14.5. The SMILES string of the molecule is CN(CC1CCCOC1)C(=O)[C@H](N)C(C)(C)C. The third-order valence-corrected chi connectivity index (χ3v) is 3.36. The highest BCUT2D eigenvalue weighted by Gasteiger charge is 2.30. The molecule has 2 atom stereocenters. The second-order valence-electron chi connectivity index (χ2n) is 6.15. The quantitative estimate of drug-likeness (QED) is 0.810. The van der Waals surface area contributed by atoms with E-state index in [9.17, 15) is 4.79 Å². The van der Waals surface area contributed by atoms with Crippen molar-refractivity contribution >= 4 is 5.91 Å². The first-order valence-corrected chi connectivity index (χ1v) is 6.40. The number of likely N-dealkylation sites (N-methyl/N-ethyl adjacent to an activating group) is 1. The number of carbonyl (C=O) groups excluding carboxylic acids is 1. The zero-order valence-corrected chi connectivity index (χ0v) is 11.5. The van der Waals surface area contributed by atoms with Crippen LogP contribution in [0.2, 0.25) is 0 Å². The molecule has 100 valence electrons. The summed E-state index contributed by atoms with van der Waals surface area (Å²) in [5, 5.41) is 0. The molecule has 0 bridgehead atoms. The number of carbonyl (C=O) groups is 1. The standard InChI is InChI=1S/C13H26N2O2/c1-13(2,3)11(14)12(16)15(4)8-10-6-5-7-17-9-10/h10-11H,5-9,14H2,1-4H3/t10?,11-/m0/s1. The summed E-state index contributed by atoms with van der Waals surface area (Å²) in [6.45, 7) is 8.36. The van der Waals surface area contributed by atoms with Crippen LogP contribution in [0.5, 0.6) is 0 Å². The van der Waals surface area contributed by atoms with Crippen LogP contribution in [0.1, 0.15) is 33.6 Å². The van der Waals surface area contributed by atoms with Gasteiger partial charge in [0.15, 0.2) is 0 Å². The maximum absolute atomic E-state index is 12.1. The monoisotopic (exact) mass is 242 g/mol. The second-order valence-corrected chi connectivity index (χ2v) is 6.15. The molecule has 2 N–H and O–H groups in total. The van der Waals surface area contributed by atoms with Gasteiger partial charge in [0.1, 0.15) is 0 Å². The normalized spacial score (nSPS) is 23.2. The molecule has 1 fully saturated rings. The van der Waals surface area contributed by atoms with Gasteiger partial charge < -0.3 is 15.4 Å². The van der Waals surface area contributed by atoms with Gasteiger partial charge in [-0.1, -0.05) is 20.8 Å². The van der Waals surface area contributed by atoms with E-state index in [2.05, 4.69) is 0 Å². The van der Waals surface area contributed by atoms with Gasteiger partial charge in [0, 0.05) is 20.2 Å². The Morgan fingerprint density at radius 1 is 1.53 bits per heavy atom. The van der Waals surface area contributed by atoms with Crippen molar-refractivity contribution in [2.45, 2.75) is 39.7 Å². The molecule has 0 aromatic rings. The number of hydrogen-bond acceptors (Lipinski definition) is 3. The maximum atomic E-state index is 12.1. The molecule has 4 heteroatoms. The van der Waals surface area contributed by atoms with E-state index in [1.54, 1.807) is 4.90 Å². The molecule has 1 saturated heterocycles. The van der Waals surface area contributed by atoms with Gasteiger partial charge in [-0.25, -0.2) is 0 Å². The van der Waals surface area contributed by atoms with Crippen molar-refractivity contribution in [3.8, 4) is 0 Å². The van der Waals surface area contributed by atoms with Crippen LogP contribution in [-0.2, 0) is 9.53 Å². The van der Waals surface area contributed by atoms with Crippen LogP contribution in [0, 0.1) is 11.3 Å². The van der Waals surface area contributed by atoms with E-state index in [-0.39, 0.29) is 11.3 Å². The summed E-state index contributed by atoms with van der Waals surface area (Å²) in [5.41, 5.74) is 5.79. The number of hydrogen-bond donors (Lipinski definition) is 1. The fourth-order valence-electron chi connectivity index (χ4n) is 2.04. The van der Waals surface area contributed by atoms with Crippen LogP contribution in [0.4, 0.5) is 0 Å². The number of nitrogens with two attached hydrogens (primary N) is 1. The second kappa shape index (κ2) is 5.83. The minimum atomic E-state index is -0.433. The predicted molar refractivity (Wildman–Crippen MR) is 68.6 cm³/mol. The highest BCUT2D eigenvalue weighted by atomic mass is 16.5. The molecule has 1 aliphatic rings. The van der Waals surface area contributed by atoms with Crippen LogP contribution < -0.4 is 5.73 Å². The van der Waals surface area contributed by atoms with E-state index in [0.717, 1.165) is 32.6 Å². The van der Waals surface area contributed by atoms with Crippen LogP contribution in [0.15, 0.2) is 0 Å². The van der Waals surface area contributed by atoms with Crippen LogP contribution in [0.25, 0.3) is 0 Å². The van der Waals surface area contributed by atoms with Gasteiger partial charge in [-0.05, 0) is 24.2 Å². The molecule has 0 saturated carbocycles. The predicted octanol–water partition coefficient (Wildman–Crippen LogP) is 1.24. The van der Waals surface area contributed by atoms with Crippen molar-refractivity contribution in [3.63, 3.8) is 0 Å². The minimum absolute atomic E-state index is 0.0306. The summed E-state index contributed by atoms with van der Waals surface area (Å²) in [4.78, 5) is 13.9. The molecule has 1 rings (SSSR count). The Hall–Kier alpha value is -0.610. The molecule has 0 aromatic heterocycles.